The maximum Gasteiger partial charge on any atom is 0.170 e. The summed E-state index contributed by atoms with van der Waals surface area (Å²) in [6, 6.07) is 7.67. The van der Waals surface area contributed by atoms with Gasteiger partial charge in [-0.25, -0.2) is 0 Å². The number of ether oxygens (including phenoxy) is 1. The molecule has 2 aromatic rings. The van der Waals surface area contributed by atoms with Crippen LogP contribution in [0.3, 0.4) is 0 Å². The Balaban J connectivity index is 1.72. The van der Waals surface area contributed by atoms with Gasteiger partial charge >= 0.3 is 0 Å². The summed E-state index contributed by atoms with van der Waals surface area (Å²) in [4.78, 5) is 0. The molecule has 0 bridgehead atoms. The predicted molar refractivity (Wildman–Crippen MR) is 91.8 cm³/mol. The molecule has 112 valence electrons. The molecule has 7 heteroatoms. The minimum atomic E-state index is 0.584. The molecule has 0 aliphatic rings. The highest BCUT2D eigenvalue weighted by Gasteiger charge is 2.03. The zero-order valence-corrected chi connectivity index (χ0v) is 14.1. The molecule has 0 unspecified atom stereocenters. The number of para-hydroxylation sites is 2. The lowest BCUT2D eigenvalue weighted by atomic mass is 10.3. The number of thiocarbonyl (C=S) groups is 1. The minimum absolute atomic E-state index is 0.584. The predicted octanol–water partition coefficient (Wildman–Crippen LogP) is 3.03. The SMILES string of the molecule is COc1ccccc1NC(=S)NCCCn1cc(Br)cn1. The second kappa shape index (κ2) is 7.99. The third kappa shape index (κ3) is 5.02. The van der Waals surface area contributed by atoms with Crippen molar-refractivity contribution in [3.63, 3.8) is 0 Å². The van der Waals surface area contributed by atoms with Crippen LogP contribution in [0.25, 0.3) is 0 Å². The number of halogens is 1. The first-order valence-corrected chi connectivity index (χ1v) is 7.75. The molecule has 5 nitrogen and oxygen atoms in total. The normalized spacial score (nSPS) is 10.2. The number of anilines is 1. The zero-order chi connectivity index (χ0) is 15.1. The van der Waals surface area contributed by atoms with Gasteiger partial charge in [-0.3, -0.25) is 4.68 Å². The van der Waals surface area contributed by atoms with Crippen molar-refractivity contribution in [1.29, 1.82) is 0 Å². The van der Waals surface area contributed by atoms with Gasteiger partial charge in [-0.05, 0) is 46.7 Å². The largest absolute Gasteiger partial charge is 0.495 e. The van der Waals surface area contributed by atoms with E-state index in [2.05, 4.69) is 31.7 Å². The topological polar surface area (TPSA) is 51.1 Å². The molecule has 0 spiro atoms. The number of rotatable bonds is 6. The monoisotopic (exact) mass is 368 g/mol. The zero-order valence-electron chi connectivity index (χ0n) is 11.7. The molecule has 1 aromatic carbocycles. The van der Waals surface area contributed by atoms with Crippen LogP contribution in [0.5, 0.6) is 5.75 Å². The fourth-order valence-corrected chi connectivity index (χ4v) is 2.36. The van der Waals surface area contributed by atoms with Crippen LogP contribution in [0.15, 0.2) is 41.1 Å². The molecule has 0 fully saturated rings. The molecule has 21 heavy (non-hydrogen) atoms. The quantitative estimate of drug-likeness (QED) is 0.606. The number of hydrogen-bond donors (Lipinski definition) is 2. The van der Waals surface area contributed by atoms with Crippen LogP contribution in [0, 0.1) is 0 Å². The van der Waals surface area contributed by atoms with Crippen LogP contribution in [-0.4, -0.2) is 28.5 Å². The second-order valence-corrected chi connectivity index (χ2v) is 5.68. The molecule has 0 saturated carbocycles. The molecule has 0 saturated heterocycles. The summed E-state index contributed by atoms with van der Waals surface area (Å²) in [5.41, 5.74) is 0.855. The summed E-state index contributed by atoms with van der Waals surface area (Å²) in [5.74, 6) is 0.767. The molecular weight excluding hydrogens is 352 g/mol. The van der Waals surface area contributed by atoms with Gasteiger partial charge in [-0.2, -0.15) is 5.10 Å². The van der Waals surface area contributed by atoms with E-state index >= 15 is 0 Å². The lowest BCUT2D eigenvalue weighted by Gasteiger charge is -2.13. The van der Waals surface area contributed by atoms with Gasteiger partial charge in [0.05, 0.1) is 23.5 Å². The molecule has 1 aromatic heterocycles. The smallest absolute Gasteiger partial charge is 0.170 e. The van der Waals surface area contributed by atoms with Crippen molar-refractivity contribution in [3.05, 3.63) is 41.1 Å². The Morgan fingerprint density at radius 1 is 1.43 bits per heavy atom. The summed E-state index contributed by atoms with van der Waals surface area (Å²) < 4.78 is 8.15. The van der Waals surface area contributed by atoms with Gasteiger partial charge in [0.25, 0.3) is 0 Å². The summed E-state index contributed by atoms with van der Waals surface area (Å²) in [5, 5.41) is 11.1. The molecule has 0 aliphatic heterocycles. The molecule has 2 N–H and O–H groups in total. The lowest BCUT2D eigenvalue weighted by Crippen LogP contribution is -2.29. The van der Waals surface area contributed by atoms with E-state index in [-0.39, 0.29) is 0 Å². The van der Waals surface area contributed by atoms with Gasteiger partial charge in [0.2, 0.25) is 0 Å². The Kier molecular flexibility index (Phi) is 6.01. The first-order valence-electron chi connectivity index (χ1n) is 6.55. The number of aromatic nitrogens is 2. The third-order valence-electron chi connectivity index (χ3n) is 2.81. The number of methoxy groups -OCH3 is 1. The first-order chi connectivity index (χ1) is 10.2. The van der Waals surface area contributed by atoms with Gasteiger partial charge in [0.1, 0.15) is 5.75 Å². The van der Waals surface area contributed by atoms with Gasteiger partial charge < -0.3 is 15.4 Å². The number of hydrogen-bond acceptors (Lipinski definition) is 3. The average molecular weight is 369 g/mol. The van der Waals surface area contributed by atoms with Crippen LogP contribution >= 0.6 is 28.1 Å². The van der Waals surface area contributed by atoms with Crippen LogP contribution in [0.2, 0.25) is 0 Å². The Labute approximate surface area is 137 Å². The Morgan fingerprint density at radius 2 is 2.24 bits per heavy atom. The van der Waals surface area contributed by atoms with E-state index in [1.807, 2.05) is 35.1 Å². The highest BCUT2D eigenvalue weighted by molar-refractivity contribution is 9.10. The van der Waals surface area contributed by atoms with Gasteiger partial charge in [-0.15, -0.1) is 0 Å². The van der Waals surface area contributed by atoms with Crippen LogP contribution in [0.4, 0.5) is 5.69 Å². The fourth-order valence-electron chi connectivity index (χ4n) is 1.82. The fraction of sp³-hybridized carbons (Fsp3) is 0.286. The Hall–Kier alpha value is -1.60. The minimum Gasteiger partial charge on any atom is -0.495 e. The lowest BCUT2D eigenvalue weighted by molar-refractivity contribution is 0.417. The summed E-state index contributed by atoms with van der Waals surface area (Å²) in [6.07, 6.45) is 4.66. The third-order valence-corrected chi connectivity index (χ3v) is 3.46. The Bertz CT molecular complexity index is 602. The van der Waals surface area contributed by atoms with Crippen molar-refractivity contribution in [1.82, 2.24) is 15.1 Å². The molecular formula is C14H17BrN4OS. The molecule has 0 aliphatic carbocycles. The molecule has 1 heterocycles. The van der Waals surface area contributed by atoms with E-state index in [1.165, 1.54) is 0 Å². The highest BCUT2D eigenvalue weighted by Crippen LogP contribution is 2.22. The average Bonchev–Trinajstić information content (AvgIpc) is 2.90. The number of nitrogens with zero attached hydrogens (tertiary/aromatic N) is 2. The van der Waals surface area contributed by atoms with Crippen LogP contribution in [0.1, 0.15) is 6.42 Å². The van der Waals surface area contributed by atoms with Crippen molar-refractivity contribution in [3.8, 4) is 5.75 Å². The van der Waals surface area contributed by atoms with Crippen molar-refractivity contribution >= 4 is 38.9 Å². The number of aryl methyl sites for hydroxylation is 1. The molecule has 0 atom stereocenters. The van der Waals surface area contributed by atoms with Gasteiger partial charge in [0.15, 0.2) is 5.11 Å². The van der Waals surface area contributed by atoms with E-state index in [9.17, 15) is 0 Å². The summed E-state index contributed by atoms with van der Waals surface area (Å²) in [6.45, 7) is 1.62. The maximum atomic E-state index is 5.27. The highest BCUT2D eigenvalue weighted by atomic mass is 79.9. The number of benzene rings is 1. The van der Waals surface area contributed by atoms with Gasteiger partial charge in [0, 0.05) is 19.3 Å². The molecule has 0 amide bonds. The maximum absolute atomic E-state index is 5.27. The number of nitrogens with one attached hydrogen (secondary N) is 2. The van der Waals surface area contributed by atoms with Crippen molar-refractivity contribution in [2.45, 2.75) is 13.0 Å². The molecule has 0 radical (unpaired) electrons. The van der Waals surface area contributed by atoms with E-state index < -0.39 is 0 Å². The Morgan fingerprint density at radius 3 is 2.95 bits per heavy atom. The van der Waals surface area contributed by atoms with Gasteiger partial charge in [-0.1, -0.05) is 12.1 Å². The standard InChI is InChI=1S/C14H17BrN4OS/c1-20-13-6-3-2-5-12(13)18-14(21)16-7-4-8-19-10-11(15)9-17-19/h2-3,5-6,9-10H,4,7-8H2,1H3,(H2,16,18,21). The molecule has 2 rings (SSSR count). The van der Waals surface area contributed by atoms with Crippen LogP contribution < -0.4 is 15.4 Å². The summed E-state index contributed by atoms with van der Waals surface area (Å²) in [7, 11) is 1.64. The van der Waals surface area contributed by atoms with E-state index in [0.29, 0.717) is 5.11 Å². The van der Waals surface area contributed by atoms with E-state index in [0.717, 1.165) is 35.4 Å². The van der Waals surface area contributed by atoms with E-state index in [1.54, 1.807) is 13.3 Å². The van der Waals surface area contributed by atoms with Crippen molar-refractivity contribution in [2.24, 2.45) is 0 Å². The van der Waals surface area contributed by atoms with Crippen molar-refractivity contribution in [2.75, 3.05) is 19.0 Å². The van der Waals surface area contributed by atoms with Crippen molar-refractivity contribution < 1.29 is 4.74 Å². The van der Waals surface area contributed by atoms with Crippen LogP contribution in [-0.2, 0) is 6.54 Å². The van der Waals surface area contributed by atoms with E-state index in [4.69, 9.17) is 17.0 Å². The second-order valence-electron chi connectivity index (χ2n) is 4.36. The first kappa shape index (κ1) is 15.8. The summed E-state index contributed by atoms with van der Waals surface area (Å²) >= 11 is 8.64.